The first-order valence-corrected chi connectivity index (χ1v) is 17.9. The lowest BCUT2D eigenvalue weighted by atomic mass is 9.55. The van der Waals surface area contributed by atoms with Crippen LogP contribution in [0.25, 0.3) is 0 Å². The molecule has 5 unspecified atom stereocenters. The summed E-state index contributed by atoms with van der Waals surface area (Å²) in [5.41, 5.74) is 4.70. The summed E-state index contributed by atoms with van der Waals surface area (Å²) in [5.74, 6) is 2.11. The molecule has 0 aliphatic heterocycles. The second-order valence-electron chi connectivity index (χ2n) is 14.1. The molecular formula is C38H62O3. The fourth-order valence-corrected chi connectivity index (χ4v) is 9.02. The smallest absolute Gasteiger partial charge is 0.306 e. The minimum absolute atomic E-state index is 0.0602. The zero-order valence-corrected chi connectivity index (χ0v) is 27.0. The van der Waals surface area contributed by atoms with Crippen LogP contribution in [0.2, 0.25) is 0 Å². The summed E-state index contributed by atoms with van der Waals surface area (Å²) in [4.78, 5) is 12.9. The normalized spacial score (nSPS) is 26.8. The molecule has 3 nitrogen and oxygen atoms in total. The van der Waals surface area contributed by atoms with Crippen molar-refractivity contribution < 1.29 is 14.3 Å². The average molecular weight is 567 g/mol. The first-order valence-electron chi connectivity index (χ1n) is 17.9. The Labute approximate surface area is 252 Å². The molecule has 41 heavy (non-hydrogen) atoms. The quantitative estimate of drug-likeness (QED) is 0.123. The number of esters is 1. The van der Waals surface area contributed by atoms with Crippen LogP contribution in [0.15, 0.2) is 18.2 Å². The fraction of sp³-hybridized carbons (Fsp3) is 0.816. The van der Waals surface area contributed by atoms with Crippen LogP contribution in [0.1, 0.15) is 171 Å². The predicted molar refractivity (Wildman–Crippen MR) is 171 cm³/mol. The van der Waals surface area contributed by atoms with E-state index in [9.17, 15) is 4.79 Å². The van der Waals surface area contributed by atoms with Gasteiger partial charge in [0.2, 0.25) is 0 Å². The number of benzene rings is 1. The molecule has 3 heteroatoms. The van der Waals surface area contributed by atoms with Gasteiger partial charge in [0.05, 0.1) is 6.61 Å². The lowest BCUT2D eigenvalue weighted by Gasteiger charge is -2.50. The van der Waals surface area contributed by atoms with Gasteiger partial charge in [-0.1, -0.05) is 122 Å². The largest absolute Gasteiger partial charge is 0.462 e. The molecule has 1 aromatic carbocycles. The molecule has 0 saturated heterocycles. The number of unbranched alkanes of at least 4 members (excludes halogenated alkanes) is 14. The summed E-state index contributed by atoms with van der Waals surface area (Å²) in [6, 6.07) is 6.83. The van der Waals surface area contributed by atoms with Gasteiger partial charge in [-0.2, -0.15) is 0 Å². The van der Waals surface area contributed by atoms with E-state index < -0.39 is 0 Å². The first kappa shape index (κ1) is 32.6. The molecule has 0 heterocycles. The summed E-state index contributed by atoms with van der Waals surface area (Å²) in [5, 5.41) is 0. The van der Waals surface area contributed by atoms with Gasteiger partial charge in [0.1, 0.15) is 6.10 Å². The molecule has 0 spiro atoms. The van der Waals surface area contributed by atoms with Crippen molar-refractivity contribution in [3.63, 3.8) is 0 Å². The second-order valence-corrected chi connectivity index (χ2v) is 14.1. The van der Waals surface area contributed by atoms with Crippen molar-refractivity contribution in [2.75, 3.05) is 7.11 Å². The number of carbonyl (C=O) groups excluding carboxylic acids is 1. The summed E-state index contributed by atoms with van der Waals surface area (Å²) in [6.07, 6.45) is 28.1. The van der Waals surface area contributed by atoms with E-state index in [0.717, 1.165) is 18.8 Å². The first-order chi connectivity index (χ1) is 20.1. The van der Waals surface area contributed by atoms with Crippen LogP contribution in [0, 0.1) is 17.3 Å². The number of rotatable bonds is 19. The van der Waals surface area contributed by atoms with Gasteiger partial charge >= 0.3 is 5.97 Å². The van der Waals surface area contributed by atoms with Gasteiger partial charge < -0.3 is 9.47 Å². The third kappa shape index (κ3) is 8.84. The highest BCUT2D eigenvalue weighted by molar-refractivity contribution is 5.69. The Hall–Kier alpha value is -1.35. The Morgan fingerprint density at radius 2 is 1.46 bits per heavy atom. The van der Waals surface area contributed by atoms with E-state index >= 15 is 0 Å². The zero-order chi connectivity index (χ0) is 28.9. The van der Waals surface area contributed by atoms with Gasteiger partial charge in [-0.25, -0.2) is 0 Å². The molecule has 2 fully saturated rings. The van der Waals surface area contributed by atoms with E-state index in [1.54, 1.807) is 11.1 Å². The lowest BCUT2D eigenvalue weighted by Crippen LogP contribution is -2.45. The highest BCUT2D eigenvalue weighted by Gasteiger charge is 2.56. The zero-order valence-electron chi connectivity index (χ0n) is 27.0. The SMILES string of the molecule is CCCCCCCCCCCCCCCCCC(=O)OC1CCC2C3CCc4cccc(COC)c4C3CCC12C. The third-order valence-corrected chi connectivity index (χ3v) is 11.3. The molecule has 2 saturated carbocycles. The van der Waals surface area contributed by atoms with Crippen molar-refractivity contribution in [3.8, 4) is 0 Å². The molecule has 0 aromatic heterocycles. The van der Waals surface area contributed by atoms with Crippen LogP contribution in [-0.4, -0.2) is 19.2 Å². The minimum Gasteiger partial charge on any atom is -0.462 e. The van der Waals surface area contributed by atoms with Gasteiger partial charge in [0.15, 0.2) is 0 Å². The summed E-state index contributed by atoms with van der Waals surface area (Å²) >= 11 is 0. The maximum absolute atomic E-state index is 12.9. The van der Waals surface area contributed by atoms with Gasteiger partial charge in [0.25, 0.3) is 0 Å². The van der Waals surface area contributed by atoms with E-state index in [2.05, 4.69) is 32.0 Å². The van der Waals surface area contributed by atoms with Gasteiger partial charge in [-0.15, -0.1) is 0 Å². The van der Waals surface area contributed by atoms with E-state index in [0.29, 0.717) is 24.9 Å². The maximum atomic E-state index is 12.9. The highest BCUT2D eigenvalue weighted by atomic mass is 16.5. The summed E-state index contributed by atoms with van der Waals surface area (Å²) in [6.45, 7) is 5.45. The van der Waals surface area contributed by atoms with Crippen molar-refractivity contribution in [1.82, 2.24) is 0 Å². The third-order valence-electron chi connectivity index (χ3n) is 11.3. The highest BCUT2D eigenvalue weighted by Crippen LogP contribution is 2.62. The van der Waals surface area contributed by atoms with Crippen LogP contribution in [0.4, 0.5) is 0 Å². The molecule has 3 aliphatic carbocycles. The van der Waals surface area contributed by atoms with E-state index in [1.165, 1.54) is 128 Å². The van der Waals surface area contributed by atoms with Gasteiger partial charge in [0, 0.05) is 18.9 Å². The fourth-order valence-electron chi connectivity index (χ4n) is 9.02. The Balaban J connectivity index is 1.09. The topological polar surface area (TPSA) is 35.5 Å². The van der Waals surface area contributed by atoms with E-state index in [4.69, 9.17) is 9.47 Å². The Bertz CT molecular complexity index is 909. The molecule has 1 aromatic rings. The van der Waals surface area contributed by atoms with E-state index in [-0.39, 0.29) is 17.5 Å². The average Bonchev–Trinajstić information content (AvgIpc) is 3.31. The minimum atomic E-state index is 0.0602. The molecule has 5 atom stereocenters. The van der Waals surface area contributed by atoms with Crippen LogP contribution >= 0.6 is 0 Å². The van der Waals surface area contributed by atoms with Crippen LogP contribution < -0.4 is 0 Å². The molecule has 3 aliphatic rings. The molecule has 232 valence electrons. The van der Waals surface area contributed by atoms with E-state index in [1.807, 2.05) is 7.11 Å². The second kappa shape index (κ2) is 17.1. The van der Waals surface area contributed by atoms with Gasteiger partial charge in [-0.3, -0.25) is 4.79 Å². The number of aryl methyl sites for hydroxylation is 1. The monoisotopic (exact) mass is 566 g/mol. The van der Waals surface area contributed by atoms with Crippen molar-refractivity contribution in [3.05, 3.63) is 34.9 Å². The number of carbonyl (C=O) groups is 1. The number of ether oxygens (including phenoxy) is 2. The predicted octanol–water partition coefficient (Wildman–Crippen LogP) is 10.9. The summed E-state index contributed by atoms with van der Waals surface area (Å²) < 4.78 is 11.8. The maximum Gasteiger partial charge on any atom is 0.306 e. The number of fused-ring (bicyclic) bond motifs is 5. The lowest BCUT2D eigenvalue weighted by molar-refractivity contribution is -0.157. The Morgan fingerprint density at radius 3 is 2.10 bits per heavy atom. The Morgan fingerprint density at radius 1 is 0.829 bits per heavy atom. The van der Waals surface area contributed by atoms with Crippen LogP contribution in [-0.2, 0) is 27.3 Å². The summed E-state index contributed by atoms with van der Waals surface area (Å²) in [7, 11) is 1.81. The van der Waals surface area contributed by atoms with Crippen LogP contribution in [0.3, 0.4) is 0 Å². The molecule has 0 radical (unpaired) electrons. The molecular weight excluding hydrogens is 504 g/mol. The molecule has 0 bridgehead atoms. The number of methoxy groups -OCH3 is 1. The number of hydrogen-bond donors (Lipinski definition) is 0. The van der Waals surface area contributed by atoms with Crippen molar-refractivity contribution >= 4 is 5.97 Å². The van der Waals surface area contributed by atoms with Crippen molar-refractivity contribution in [2.24, 2.45) is 17.3 Å². The molecule has 0 amide bonds. The standard InChI is InChI=1S/C38H62O3/c1-4-5-6-7-8-9-10-11-12-13-14-15-16-17-18-22-36(39)41-35-26-25-34-32-24-23-30-20-19-21-31(29-40-3)37(30)33(32)27-28-38(34,35)2/h19-21,32-35H,4-18,22-29H2,1-3H3. The van der Waals surface area contributed by atoms with Crippen molar-refractivity contribution in [2.45, 2.75) is 174 Å². The number of hydrogen-bond acceptors (Lipinski definition) is 3. The Kier molecular flexibility index (Phi) is 13.6. The van der Waals surface area contributed by atoms with Crippen LogP contribution in [0.5, 0.6) is 0 Å². The molecule has 4 rings (SSSR count). The molecule has 0 N–H and O–H groups in total. The van der Waals surface area contributed by atoms with Crippen molar-refractivity contribution in [1.29, 1.82) is 0 Å². The van der Waals surface area contributed by atoms with Gasteiger partial charge in [-0.05, 0) is 79.4 Å².